The third-order valence-electron chi connectivity index (χ3n) is 4.30. The first-order valence-corrected chi connectivity index (χ1v) is 6.95. The van der Waals surface area contributed by atoms with Crippen LogP contribution >= 0.6 is 0 Å². The smallest absolute Gasteiger partial charge is 0.0951 e. The van der Waals surface area contributed by atoms with Crippen molar-refractivity contribution in [3.8, 4) is 0 Å². The Morgan fingerprint density at radius 1 is 1.37 bits per heavy atom. The molecule has 0 saturated carbocycles. The predicted molar refractivity (Wildman–Crippen MR) is 77.3 cm³/mol. The second-order valence-corrected chi connectivity index (χ2v) is 5.82. The van der Waals surface area contributed by atoms with Gasteiger partial charge in [0.2, 0.25) is 0 Å². The van der Waals surface area contributed by atoms with Crippen LogP contribution in [-0.2, 0) is 12.0 Å². The number of imidazole rings is 1. The molecule has 3 heteroatoms. The Labute approximate surface area is 114 Å². The standard InChI is InChI=1S/C16H21N3/c1-13-5-3-4-6-14(13)10-19-12-18-9-15(19)16(2)7-8-17-11-16/h3-6,9,12,17H,7-8,10-11H2,1-2H3. The molecule has 1 unspecified atom stereocenters. The third kappa shape index (κ3) is 2.30. The lowest BCUT2D eigenvalue weighted by Gasteiger charge is -2.24. The third-order valence-corrected chi connectivity index (χ3v) is 4.30. The summed E-state index contributed by atoms with van der Waals surface area (Å²) in [6.45, 7) is 7.57. The minimum Gasteiger partial charge on any atom is -0.330 e. The lowest BCUT2D eigenvalue weighted by Crippen LogP contribution is -2.28. The van der Waals surface area contributed by atoms with Crippen LogP contribution in [0.25, 0.3) is 0 Å². The van der Waals surface area contributed by atoms with Crippen molar-refractivity contribution in [2.45, 2.75) is 32.2 Å². The minimum absolute atomic E-state index is 0.221. The lowest BCUT2D eigenvalue weighted by atomic mass is 9.86. The van der Waals surface area contributed by atoms with Crippen molar-refractivity contribution in [2.24, 2.45) is 0 Å². The summed E-state index contributed by atoms with van der Waals surface area (Å²) in [5.74, 6) is 0. The summed E-state index contributed by atoms with van der Waals surface area (Å²) in [6, 6.07) is 8.58. The van der Waals surface area contributed by atoms with Gasteiger partial charge in [0, 0.05) is 30.4 Å². The van der Waals surface area contributed by atoms with Crippen LogP contribution in [0.5, 0.6) is 0 Å². The van der Waals surface area contributed by atoms with Gasteiger partial charge < -0.3 is 9.88 Å². The van der Waals surface area contributed by atoms with Crippen LogP contribution in [0.15, 0.2) is 36.8 Å². The van der Waals surface area contributed by atoms with Crippen LogP contribution in [0.2, 0.25) is 0 Å². The largest absolute Gasteiger partial charge is 0.330 e. The zero-order valence-electron chi connectivity index (χ0n) is 11.7. The van der Waals surface area contributed by atoms with E-state index in [0.29, 0.717) is 0 Å². The van der Waals surface area contributed by atoms with Crippen molar-refractivity contribution in [1.29, 1.82) is 0 Å². The molecule has 0 amide bonds. The van der Waals surface area contributed by atoms with Gasteiger partial charge in [0.1, 0.15) is 0 Å². The average molecular weight is 255 g/mol. The number of hydrogen-bond donors (Lipinski definition) is 1. The van der Waals surface area contributed by atoms with E-state index in [1.54, 1.807) is 0 Å². The van der Waals surface area contributed by atoms with Gasteiger partial charge in [-0.2, -0.15) is 0 Å². The summed E-state index contributed by atoms with van der Waals surface area (Å²) in [4.78, 5) is 4.37. The summed E-state index contributed by atoms with van der Waals surface area (Å²) in [5.41, 5.74) is 4.29. The van der Waals surface area contributed by atoms with E-state index in [-0.39, 0.29) is 5.41 Å². The molecule has 1 aliphatic rings. The number of nitrogens with one attached hydrogen (secondary N) is 1. The minimum atomic E-state index is 0.221. The predicted octanol–water partition coefficient (Wildman–Crippen LogP) is 2.49. The molecule has 1 N–H and O–H groups in total. The highest BCUT2D eigenvalue weighted by Crippen LogP contribution is 2.30. The lowest BCUT2D eigenvalue weighted by molar-refractivity contribution is 0.481. The number of aromatic nitrogens is 2. The highest BCUT2D eigenvalue weighted by molar-refractivity contribution is 5.27. The van der Waals surface area contributed by atoms with Crippen molar-refractivity contribution >= 4 is 0 Å². The van der Waals surface area contributed by atoms with Crippen LogP contribution in [0.4, 0.5) is 0 Å². The van der Waals surface area contributed by atoms with Gasteiger partial charge in [-0.05, 0) is 31.0 Å². The van der Waals surface area contributed by atoms with Gasteiger partial charge in [-0.25, -0.2) is 4.98 Å². The Balaban J connectivity index is 1.91. The summed E-state index contributed by atoms with van der Waals surface area (Å²) in [6.07, 6.45) is 5.18. The fraction of sp³-hybridized carbons (Fsp3) is 0.438. The number of rotatable bonds is 3. The van der Waals surface area contributed by atoms with E-state index in [4.69, 9.17) is 0 Å². The Kier molecular flexibility index (Phi) is 3.15. The highest BCUT2D eigenvalue weighted by atomic mass is 15.1. The molecule has 3 rings (SSSR count). The molecule has 2 heterocycles. The molecule has 1 atom stereocenters. The number of nitrogens with zero attached hydrogens (tertiary/aromatic N) is 2. The van der Waals surface area contributed by atoms with Crippen LogP contribution in [-0.4, -0.2) is 22.6 Å². The molecule has 1 fully saturated rings. The van der Waals surface area contributed by atoms with Crippen molar-refractivity contribution in [3.05, 3.63) is 53.6 Å². The van der Waals surface area contributed by atoms with Gasteiger partial charge in [0.15, 0.2) is 0 Å². The maximum Gasteiger partial charge on any atom is 0.0951 e. The first-order valence-electron chi connectivity index (χ1n) is 6.95. The van der Waals surface area contributed by atoms with Gasteiger partial charge in [-0.15, -0.1) is 0 Å². The second kappa shape index (κ2) is 4.82. The van der Waals surface area contributed by atoms with Crippen molar-refractivity contribution in [1.82, 2.24) is 14.9 Å². The van der Waals surface area contributed by atoms with E-state index in [2.05, 4.69) is 53.0 Å². The fourth-order valence-corrected chi connectivity index (χ4v) is 2.96. The molecule has 1 aromatic heterocycles. The van der Waals surface area contributed by atoms with Crippen LogP contribution in [0.1, 0.15) is 30.2 Å². The first kappa shape index (κ1) is 12.4. The normalized spacial score (nSPS) is 22.8. The number of benzene rings is 1. The van der Waals surface area contributed by atoms with Gasteiger partial charge in [-0.1, -0.05) is 31.2 Å². The molecule has 0 bridgehead atoms. The molecular formula is C16H21N3. The molecule has 0 aliphatic carbocycles. The fourth-order valence-electron chi connectivity index (χ4n) is 2.96. The zero-order valence-corrected chi connectivity index (χ0v) is 11.7. The monoisotopic (exact) mass is 255 g/mol. The van der Waals surface area contributed by atoms with Gasteiger partial charge in [-0.3, -0.25) is 0 Å². The maximum atomic E-state index is 4.37. The van der Waals surface area contributed by atoms with Gasteiger partial charge in [0.05, 0.1) is 6.33 Å². The molecule has 0 radical (unpaired) electrons. The first-order chi connectivity index (χ1) is 9.19. The summed E-state index contributed by atoms with van der Waals surface area (Å²) < 4.78 is 2.30. The number of aryl methyl sites for hydroxylation is 1. The molecule has 1 aromatic carbocycles. The number of hydrogen-bond acceptors (Lipinski definition) is 2. The zero-order chi connectivity index (χ0) is 13.3. The molecule has 1 saturated heterocycles. The van der Waals surface area contributed by atoms with E-state index in [0.717, 1.165) is 19.6 Å². The van der Waals surface area contributed by atoms with Crippen LogP contribution in [0, 0.1) is 6.92 Å². The van der Waals surface area contributed by atoms with Crippen LogP contribution < -0.4 is 5.32 Å². The summed E-state index contributed by atoms with van der Waals surface area (Å²) >= 11 is 0. The van der Waals surface area contributed by atoms with Crippen molar-refractivity contribution in [2.75, 3.05) is 13.1 Å². The van der Waals surface area contributed by atoms with E-state index in [1.165, 1.54) is 23.2 Å². The molecule has 3 nitrogen and oxygen atoms in total. The molecular weight excluding hydrogens is 234 g/mol. The average Bonchev–Trinajstić information content (AvgIpc) is 3.02. The Morgan fingerprint density at radius 3 is 2.95 bits per heavy atom. The highest BCUT2D eigenvalue weighted by Gasteiger charge is 2.33. The molecule has 100 valence electrons. The Hall–Kier alpha value is -1.61. The molecule has 19 heavy (non-hydrogen) atoms. The second-order valence-electron chi connectivity index (χ2n) is 5.82. The summed E-state index contributed by atoms with van der Waals surface area (Å²) in [5, 5.41) is 3.46. The molecule has 0 spiro atoms. The van der Waals surface area contributed by atoms with E-state index < -0.39 is 0 Å². The van der Waals surface area contributed by atoms with E-state index in [9.17, 15) is 0 Å². The topological polar surface area (TPSA) is 29.9 Å². The van der Waals surface area contributed by atoms with E-state index in [1.807, 2.05) is 12.5 Å². The van der Waals surface area contributed by atoms with Gasteiger partial charge in [0.25, 0.3) is 0 Å². The van der Waals surface area contributed by atoms with Crippen LogP contribution in [0.3, 0.4) is 0 Å². The Bertz CT molecular complexity index is 565. The molecule has 1 aliphatic heterocycles. The molecule has 2 aromatic rings. The van der Waals surface area contributed by atoms with Crippen molar-refractivity contribution in [3.63, 3.8) is 0 Å². The van der Waals surface area contributed by atoms with Crippen molar-refractivity contribution < 1.29 is 0 Å². The van der Waals surface area contributed by atoms with E-state index >= 15 is 0 Å². The summed E-state index contributed by atoms with van der Waals surface area (Å²) in [7, 11) is 0. The Morgan fingerprint density at radius 2 is 2.21 bits per heavy atom. The maximum absolute atomic E-state index is 4.37. The SMILES string of the molecule is Cc1ccccc1Cn1cncc1C1(C)CCNC1. The quantitative estimate of drug-likeness (QED) is 0.913. The van der Waals surface area contributed by atoms with Gasteiger partial charge >= 0.3 is 0 Å².